The monoisotopic (exact) mass is 300 g/mol. The van der Waals surface area contributed by atoms with E-state index in [4.69, 9.17) is 4.74 Å². The number of para-hydroxylation sites is 1. The minimum absolute atomic E-state index is 0. The van der Waals surface area contributed by atoms with Gasteiger partial charge in [-0.1, -0.05) is 25.1 Å². The second kappa shape index (κ2) is 10.5. The first-order chi connectivity index (χ1) is 9.17. The Morgan fingerprint density at radius 3 is 2.70 bits per heavy atom. The predicted octanol–water partition coefficient (Wildman–Crippen LogP) is 2.16. The average molecular weight is 301 g/mol. The van der Waals surface area contributed by atoms with Crippen LogP contribution in [0, 0.1) is 0 Å². The van der Waals surface area contributed by atoms with E-state index in [1.165, 1.54) is 0 Å². The number of carbonyl (C=O) groups excluding carboxylic acids is 1. The lowest BCUT2D eigenvalue weighted by atomic mass is 10.1. The van der Waals surface area contributed by atoms with E-state index in [1.54, 1.807) is 7.11 Å². The van der Waals surface area contributed by atoms with Crippen molar-refractivity contribution >= 4 is 18.3 Å². The van der Waals surface area contributed by atoms with Crippen molar-refractivity contribution < 1.29 is 9.53 Å². The van der Waals surface area contributed by atoms with Crippen LogP contribution in [0.5, 0.6) is 5.75 Å². The summed E-state index contributed by atoms with van der Waals surface area (Å²) in [5, 5.41) is 6.19. The highest BCUT2D eigenvalue weighted by atomic mass is 35.5. The topological polar surface area (TPSA) is 50.4 Å². The van der Waals surface area contributed by atoms with Crippen molar-refractivity contribution in [1.82, 2.24) is 10.6 Å². The third-order valence-corrected chi connectivity index (χ3v) is 2.97. The Bertz CT molecular complexity index is 399. The normalized spacial score (nSPS) is 11.3. The highest BCUT2D eigenvalue weighted by molar-refractivity contribution is 5.85. The van der Waals surface area contributed by atoms with Crippen LogP contribution >= 0.6 is 12.4 Å². The molecule has 0 aromatic heterocycles. The molecule has 0 saturated heterocycles. The molecule has 4 nitrogen and oxygen atoms in total. The molecular formula is C15H25ClN2O2. The molecule has 1 aromatic carbocycles. The minimum atomic E-state index is 0. The zero-order valence-corrected chi connectivity index (χ0v) is 13.3. The van der Waals surface area contributed by atoms with Crippen LogP contribution in [0.4, 0.5) is 0 Å². The van der Waals surface area contributed by atoms with Crippen LogP contribution in [0.25, 0.3) is 0 Å². The Labute approximate surface area is 127 Å². The summed E-state index contributed by atoms with van der Waals surface area (Å²) >= 11 is 0. The molecule has 0 saturated carbocycles. The van der Waals surface area contributed by atoms with Gasteiger partial charge in [0.15, 0.2) is 0 Å². The summed E-state index contributed by atoms with van der Waals surface area (Å²) in [7, 11) is 1.65. The number of hydrogen-bond acceptors (Lipinski definition) is 3. The van der Waals surface area contributed by atoms with Gasteiger partial charge >= 0.3 is 0 Å². The quantitative estimate of drug-likeness (QED) is 0.773. The number of carbonyl (C=O) groups is 1. The molecule has 1 rings (SSSR count). The predicted molar refractivity (Wildman–Crippen MR) is 84.7 cm³/mol. The number of benzene rings is 1. The van der Waals surface area contributed by atoms with Gasteiger partial charge in [-0.25, -0.2) is 0 Å². The lowest BCUT2D eigenvalue weighted by Gasteiger charge is -2.13. The molecule has 0 bridgehead atoms. The van der Waals surface area contributed by atoms with Gasteiger partial charge in [-0.05, 0) is 31.5 Å². The maximum atomic E-state index is 11.7. The molecule has 114 valence electrons. The molecule has 0 aliphatic heterocycles. The summed E-state index contributed by atoms with van der Waals surface area (Å²) in [6.07, 6.45) is 1.19. The Hall–Kier alpha value is -1.26. The van der Waals surface area contributed by atoms with E-state index in [0.717, 1.165) is 17.9 Å². The van der Waals surface area contributed by atoms with Crippen LogP contribution in [-0.2, 0) is 11.2 Å². The zero-order valence-electron chi connectivity index (χ0n) is 12.4. The molecule has 5 heteroatoms. The number of rotatable bonds is 8. The molecule has 0 spiro atoms. The Morgan fingerprint density at radius 1 is 1.35 bits per heavy atom. The summed E-state index contributed by atoms with van der Waals surface area (Å²) in [4.78, 5) is 11.7. The zero-order chi connectivity index (χ0) is 14.1. The number of ether oxygens (including phenoxy) is 1. The number of aryl methyl sites for hydroxylation is 1. The van der Waals surface area contributed by atoms with Crippen LogP contribution in [0.2, 0.25) is 0 Å². The summed E-state index contributed by atoms with van der Waals surface area (Å²) in [6, 6.07) is 8.11. The number of likely N-dealkylation sites (N-methyl/N-ethyl adjacent to an activating group) is 1. The van der Waals surface area contributed by atoms with E-state index >= 15 is 0 Å². The molecule has 1 aromatic rings. The van der Waals surface area contributed by atoms with Gasteiger partial charge in [0.05, 0.1) is 7.11 Å². The van der Waals surface area contributed by atoms with E-state index in [9.17, 15) is 4.79 Å². The minimum Gasteiger partial charge on any atom is -0.496 e. The number of nitrogens with one attached hydrogen (secondary N) is 2. The molecule has 0 radical (unpaired) electrons. The second-order valence-electron chi connectivity index (χ2n) is 4.57. The first-order valence-corrected chi connectivity index (χ1v) is 6.79. The van der Waals surface area contributed by atoms with Gasteiger partial charge < -0.3 is 15.4 Å². The fraction of sp³-hybridized carbons (Fsp3) is 0.533. The third kappa shape index (κ3) is 6.78. The fourth-order valence-electron chi connectivity index (χ4n) is 1.93. The number of methoxy groups -OCH3 is 1. The standard InChI is InChI=1S/C15H24N2O2.ClH/c1-4-16-12(2)11-17-15(18)10-9-13-7-5-6-8-14(13)19-3;/h5-8,12,16H,4,9-11H2,1-3H3,(H,17,18);1H/t12-;/m1./s1. The van der Waals surface area contributed by atoms with Crippen LogP contribution in [0.3, 0.4) is 0 Å². The van der Waals surface area contributed by atoms with E-state index < -0.39 is 0 Å². The maximum absolute atomic E-state index is 11.7. The Kier molecular flexibility index (Phi) is 9.86. The molecule has 0 fully saturated rings. The summed E-state index contributed by atoms with van der Waals surface area (Å²) < 4.78 is 5.27. The van der Waals surface area contributed by atoms with Crippen LogP contribution < -0.4 is 15.4 Å². The average Bonchev–Trinajstić information content (AvgIpc) is 2.43. The van der Waals surface area contributed by atoms with Crippen molar-refractivity contribution in [3.8, 4) is 5.75 Å². The molecule has 0 heterocycles. The summed E-state index contributed by atoms with van der Waals surface area (Å²) in [6.45, 7) is 5.70. The van der Waals surface area contributed by atoms with Gasteiger partial charge in [-0.2, -0.15) is 0 Å². The highest BCUT2D eigenvalue weighted by Gasteiger charge is 2.07. The number of hydrogen-bond donors (Lipinski definition) is 2. The van der Waals surface area contributed by atoms with Gasteiger partial charge in [0.2, 0.25) is 5.91 Å². The molecule has 0 aliphatic carbocycles. The smallest absolute Gasteiger partial charge is 0.220 e. The molecule has 2 N–H and O–H groups in total. The van der Waals surface area contributed by atoms with Crippen molar-refractivity contribution in [3.05, 3.63) is 29.8 Å². The molecule has 20 heavy (non-hydrogen) atoms. The van der Waals surface area contributed by atoms with Crippen molar-refractivity contribution in [2.45, 2.75) is 32.7 Å². The van der Waals surface area contributed by atoms with Crippen molar-refractivity contribution in [3.63, 3.8) is 0 Å². The molecule has 0 unspecified atom stereocenters. The fourth-order valence-corrected chi connectivity index (χ4v) is 1.93. The van der Waals surface area contributed by atoms with Crippen molar-refractivity contribution in [2.75, 3.05) is 20.2 Å². The molecule has 0 aliphatic rings. The maximum Gasteiger partial charge on any atom is 0.220 e. The third-order valence-electron chi connectivity index (χ3n) is 2.97. The number of amides is 1. The van der Waals surface area contributed by atoms with E-state index in [2.05, 4.69) is 24.5 Å². The largest absolute Gasteiger partial charge is 0.496 e. The van der Waals surface area contributed by atoms with Crippen molar-refractivity contribution in [2.24, 2.45) is 0 Å². The van der Waals surface area contributed by atoms with Crippen LogP contribution in [-0.4, -0.2) is 32.1 Å². The first-order valence-electron chi connectivity index (χ1n) is 6.79. The lowest BCUT2D eigenvalue weighted by molar-refractivity contribution is -0.121. The summed E-state index contributed by atoms with van der Waals surface area (Å²) in [5.74, 6) is 0.923. The molecule has 1 atom stereocenters. The highest BCUT2D eigenvalue weighted by Crippen LogP contribution is 2.18. The Balaban J connectivity index is 0.00000361. The molecular weight excluding hydrogens is 276 g/mol. The second-order valence-corrected chi connectivity index (χ2v) is 4.57. The first kappa shape index (κ1) is 18.7. The van der Waals surface area contributed by atoms with E-state index in [0.29, 0.717) is 25.4 Å². The van der Waals surface area contributed by atoms with Gasteiger partial charge in [-0.3, -0.25) is 4.79 Å². The van der Waals surface area contributed by atoms with Crippen molar-refractivity contribution in [1.29, 1.82) is 0 Å². The Morgan fingerprint density at radius 2 is 2.05 bits per heavy atom. The van der Waals surface area contributed by atoms with Gasteiger partial charge in [0.25, 0.3) is 0 Å². The van der Waals surface area contributed by atoms with Gasteiger partial charge in [0.1, 0.15) is 5.75 Å². The van der Waals surface area contributed by atoms with Crippen LogP contribution in [0.1, 0.15) is 25.8 Å². The lowest BCUT2D eigenvalue weighted by Crippen LogP contribution is -2.38. The summed E-state index contributed by atoms with van der Waals surface area (Å²) in [5.41, 5.74) is 1.07. The SMILES string of the molecule is CCN[C@H](C)CNC(=O)CCc1ccccc1OC.Cl. The van der Waals surface area contributed by atoms with Crippen LogP contribution in [0.15, 0.2) is 24.3 Å². The molecule has 1 amide bonds. The van der Waals surface area contributed by atoms with E-state index in [1.807, 2.05) is 24.3 Å². The van der Waals surface area contributed by atoms with Gasteiger partial charge in [-0.15, -0.1) is 12.4 Å². The number of halogens is 1. The van der Waals surface area contributed by atoms with E-state index in [-0.39, 0.29) is 18.3 Å². The van der Waals surface area contributed by atoms with Gasteiger partial charge in [0, 0.05) is 19.0 Å².